The van der Waals surface area contributed by atoms with Gasteiger partial charge < -0.3 is 19.7 Å². The molecule has 1 aromatic rings. The van der Waals surface area contributed by atoms with Crippen molar-refractivity contribution in [2.75, 3.05) is 26.2 Å². The molecule has 1 N–H and O–H groups in total. The van der Waals surface area contributed by atoms with E-state index in [-0.39, 0.29) is 12.1 Å². The molecule has 1 aromatic carbocycles. The molecule has 0 atom stereocenters. The number of benzene rings is 1. The Morgan fingerprint density at radius 1 is 1.19 bits per heavy atom. The predicted octanol–water partition coefficient (Wildman–Crippen LogP) is 5.12. The molecule has 1 amide bonds. The van der Waals surface area contributed by atoms with Gasteiger partial charge in [-0.2, -0.15) is 0 Å². The topological polar surface area (TPSA) is 50.8 Å². The number of likely N-dealkylation sites (tertiary alicyclic amines) is 1. The molecule has 1 heterocycles. The van der Waals surface area contributed by atoms with Crippen LogP contribution in [0.3, 0.4) is 0 Å². The highest BCUT2D eigenvalue weighted by molar-refractivity contribution is 6.30. The lowest BCUT2D eigenvalue weighted by molar-refractivity contribution is 0.0478. The summed E-state index contributed by atoms with van der Waals surface area (Å²) < 4.78 is 11.0. The molecule has 154 valence electrons. The molecule has 0 bridgehead atoms. The number of hydrogen-bond acceptors (Lipinski definition) is 4. The van der Waals surface area contributed by atoms with E-state index in [1.165, 1.54) is 0 Å². The van der Waals surface area contributed by atoms with Gasteiger partial charge in [0.1, 0.15) is 11.4 Å². The van der Waals surface area contributed by atoms with E-state index in [2.05, 4.69) is 10.2 Å². The number of halogens is 1. The first kappa shape index (κ1) is 23.6. The quantitative estimate of drug-likeness (QED) is 0.675. The number of carbonyl (C=O) groups excluding carboxylic acids is 1. The van der Waals surface area contributed by atoms with Gasteiger partial charge in [0.05, 0.1) is 6.61 Å². The number of ether oxygens (including phenoxy) is 2. The fraction of sp³-hybridized carbons (Fsp3) is 0.667. The van der Waals surface area contributed by atoms with Gasteiger partial charge in [-0.1, -0.05) is 25.4 Å². The Labute approximate surface area is 169 Å². The highest BCUT2D eigenvalue weighted by Gasteiger charge is 2.23. The van der Waals surface area contributed by atoms with Gasteiger partial charge in [0.15, 0.2) is 0 Å². The van der Waals surface area contributed by atoms with Crippen LogP contribution in [0.15, 0.2) is 24.3 Å². The summed E-state index contributed by atoms with van der Waals surface area (Å²) in [4.78, 5) is 14.2. The Bertz CT molecular complexity index is 535. The maximum Gasteiger partial charge on any atom is 0.407 e. The first-order valence-electron chi connectivity index (χ1n) is 9.92. The zero-order chi connectivity index (χ0) is 20.3. The number of carbonyl (C=O) groups is 1. The van der Waals surface area contributed by atoms with Gasteiger partial charge in [0, 0.05) is 30.7 Å². The summed E-state index contributed by atoms with van der Waals surface area (Å²) in [6, 6.07) is 7.64. The standard InChI is InChI=1S/C19H29ClN2O3.C2H6/c1-19(2,3)25-18(23)21-16-9-12-22(13-10-16)11-4-14-24-17-7-5-15(20)6-8-17;1-2/h5-8,16H,4,9-14H2,1-3H3,(H,21,23);1-2H3. The van der Waals surface area contributed by atoms with Crippen LogP contribution in [0.1, 0.15) is 53.9 Å². The Balaban J connectivity index is 0.00000176. The smallest absolute Gasteiger partial charge is 0.407 e. The van der Waals surface area contributed by atoms with Crippen LogP contribution in [0.25, 0.3) is 0 Å². The first-order valence-corrected chi connectivity index (χ1v) is 10.3. The molecule has 0 radical (unpaired) electrons. The number of amides is 1. The second-order valence-electron chi connectivity index (χ2n) is 7.42. The van der Waals surface area contributed by atoms with E-state index in [0.717, 1.165) is 49.7 Å². The van der Waals surface area contributed by atoms with Crippen LogP contribution in [-0.4, -0.2) is 48.9 Å². The van der Waals surface area contributed by atoms with Crippen molar-refractivity contribution in [2.45, 2.75) is 65.5 Å². The first-order chi connectivity index (χ1) is 12.8. The van der Waals surface area contributed by atoms with Gasteiger partial charge in [-0.15, -0.1) is 0 Å². The summed E-state index contributed by atoms with van der Waals surface area (Å²) in [7, 11) is 0. The highest BCUT2D eigenvalue weighted by atomic mass is 35.5. The minimum Gasteiger partial charge on any atom is -0.494 e. The van der Waals surface area contributed by atoms with Gasteiger partial charge in [-0.25, -0.2) is 4.79 Å². The molecule has 1 saturated heterocycles. The average molecular weight is 399 g/mol. The zero-order valence-corrected chi connectivity index (χ0v) is 18.1. The molecule has 27 heavy (non-hydrogen) atoms. The Morgan fingerprint density at radius 2 is 1.78 bits per heavy atom. The van der Waals surface area contributed by atoms with Crippen molar-refractivity contribution >= 4 is 17.7 Å². The molecule has 0 aliphatic carbocycles. The van der Waals surface area contributed by atoms with E-state index in [1.807, 2.05) is 58.9 Å². The lowest BCUT2D eigenvalue weighted by Crippen LogP contribution is -2.46. The van der Waals surface area contributed by atoms with Gasteiger partial charge in [-0.3, -0.25) is 0 Å². The molecule has 1 aliphatic rings. The summed E-state index contributed by atoms with van der Waals surface area (Å²) in [5.41, 5.74) is -0.450. The molecule has 0 saturated carbocycles. The maximum absolute atomic E-state index is 11.8. The lowest BCUT2D eigenvalue weighted by atomic mass is 10.1. The lowest BCUT2D eigenvalue weighted by Gasteiger charge is -2.32. The van der Waals surface area contributed by atoms with E-state index >= 15 is 0 Å². The normalized spacial score (nSPS) is 15.5. The van der Waals surface area contributed by atoms with Gasteiger partial charge in [-0.05, 0) is 64.3 Å². The van der Waals surface area contributed by atoms with E-state index in [4.69, 9.17) is 21.1 Å². The van der Waals surface area contributed by atoms with E-state index in [0.29, 0.717) is 6.61 Å². The largest absolute Gasteiger partial charge is 0.494 e. The van der Waals surface area contributed by atoms with Crippen molar-refractivity contribution in [1.29, 1.82) is 0 Å². The second-order valence-corrected chi connectivity index (χ2v) is 7.85. The molecule has 1 aliphatic heterocycles. The Hall–Kier alpha value is -1.46. The van der Waals surface area contributed by atoms with Crippen LogP contribution >= 0.6 is 11.6 Å². The van der Waals surface area contributed by atoms with Crippen LogP contribution < -0.4 is 10.1 Å². The predicted molar refractivity (Wildman–Crippen MR) is 112 cm³/mol. The minimum absolute atomic E-state index is 0.205. The van der Waals surface area contributed by atoms with Crippen LogP contribution in [0, 0.1) is 0 Å². The van der Waals surface area contributed by atoms with Crippen LogP contribution in [0.2, 0.25) is 5.02 Å². The number of alkyl carbamates (subject to hydrolysis) is 1. The van der Waals surface area contributed by atoms with Crippen molar-refractivity contribution in [3.8, 4) is 5.75 Å². The maximum atomic E-state index is 11.8. The van der Waals surface area contributed by atoms with Crippen molar-refractivity contribution in [3.63, 3.8) is 0 Å². The van der Waals surface area contributed by atoms with Gasteiger partial charge >= 0.3 is 6.09 Å². The van der Waals surface area contributed by atoms with Crippen molar-refractivity contribution in [3.05, 3.63) is 29.3 Å². The van der Waals surface area contributed by atoms with E-state index in [1.54, 1.807) is 0 Å². The van der Waals surface area contributed by atoms with E-state index in [9.17, 15) is 4.79 Å². The summed E-state index contributed by atoms with van der Waals surface area (Å²) in [6.45, 7) is 13.3. The fourth-order valence-electron chi connectivity index (χ4n) is 2.78. The molecular formula is C21H35ClN2O3. The highest BCUT2D eigenvalue weighted by Crippen LogP contribution is 2.16. The molecule has 6 heteroatoms. The molecule has 0 spiro atoms. The van der Waals surface area contributed by atoms with Crippen LogP contribution in [0.4, 0.5) is 4.79 Å². The third-order valence-corrected chi connectivity index (χ3v) is 4.26. The number of hydrogen-bond donors (Lipinski definition) is 1. The zero-order valence-electron chi connectivity index (χ0n) is 17.4. The van der Waals surface area contributed by atoms with Gasteiger partial charge in [0.2, 0.25) is 0 Å². The van der Waals surface area contributed by atoms with Crippen molar-refractivity contribution in [2.24, 2.45) is 0 Å². The van der Waals surface area contributed by atoms with Crippen molar-refractivity contribution in [1.82, 2.24) is 10.2 Å². The van der Waals surface area contributed by atoms with Gasteiger partial charge in [0.25, 0.3) is 0 Å². The number of piperidine rings is 1. The SMILES string of the molecule is CC.CC(C)(C)OC(=O)NC1CCN(CCCOc2ccc(Cl)cc2)CC1. The second kappa shape index (κ2) is 12.1. The van der Waals surface area contributed by atoms with Crippen LogP contribution in [-0.2, 0) is 4.74 Å². The molecule has 2 rings (SSSR count). The number of nitrogens with one attached hydrogen (secondary N) is 1. The minimum atomic E-state index is -0.450. The molecular weight excluding hydrogens is 364 g/mol. The van der Waals surface area contributed by atoms with Crippen LogP contribution in [0.5, 0.6) is 5.75 Å². The summed E-state index contributed by atoms with van der Waals surface area (Å²) in [5.74, 6) is 0.852. The fourth-order valence-corrected chi connectivity index (χ4v) is 2.91. The summed E-state index contributed by atoms with van der Waals surface area (Å²) >= 11 is 5.85. The monoisotopic (exact) mass is 398 g/mol. The molecule has 0 aromatic heterocycles. The number of rotatable bonds is 6. The molecule has 5 nitrogen and oxygen atoms in total. The Kier molecular flexibility index (Phi) is 10.6. The summed E-state index contributed by atoms with van der Waals surface area (Å²) in [6.07, 6.45) is 2.57. The van der Waals surface area contributed by atoms with E-state index < -0.39 is 5.60 Å². The Morgan fingerprint density at radius 3 is 2.33 bits per heavy atom. The van der Waals surface area contributed by atoms with Crippen molar-refractivity contribution < 1.29 is 14.3 Å². The third kappa shape index (κ3) is 10.5. The summed E-state index contributed by atoms with van der Waals surface area (Å²) in [5, 5.41) is 3.68. The molecule has 0 unspecified atom stereocenters. The number of nitrogens with zero attached hydrogens (tertiary/aromatic N) is 1. The third-order valence-electron chi connectivity index (χ3n) is 4.01. The molecule has 1 fully saturated rings. The average Bonchev–Trinajstić information content (AvgIpc) is 2.62.